The van der Waals surface area contributed by atoms with Gasteiger partial charge in [0.2, 0.25) is 5.91 Å². The quantitative estimate of drug-likeness (QED) is 0.808. The summed E-state index contributed by atoms with van der Waals surface area (Å²) in [5.41, 5.74) is 0.996. The summed E-state index contributed by atoms with van der Waals surface area (Å²) in [6.45, 7) is 2.40. The topological polar surface area (TPSA) is 54.0 Å². The molecular formula is C10H15Cl2N3O. The van der Waals surface area contributed by atoms with Crippen molar-refractivity contribution in [3.8, 4) is 0 Å². The number of nitrogens with one attached hydrogen (secondary N) is 2. The number of likely N-dealkylation sites (N-methyl/N-ethyl adjacent to an activating group) is 1. The van der Waals surface area contributed by atoms with E-state index in [4.69, 9.17) is 11.6 Å². The molecule has 0 aliphatic carbocycles. The van der Waals surface area contributed by atoms with Crippen molar-refractivity contribution >= 4 is 29.9 Å². The van der Waals surface area contributed by atoms with Gasteiger partial charge in [0.15, 0.2) is 0 Å². The number of pyridine rings is 1. The van der Waals surface area contributed by atoms with E-state index in [1.807, 2.05) is 13.0 Å². The van der Waals surface area contributed by atoms with Crippen molar-refractivity contribution in [1.29, 1.82) is 0 Å². The molecule has 90 valence electrons. The first-order valence-electron chi connectivity index (χ1n) is 4.69. The van der Waals surface area contributed by atoms with Crippen molar-refractivity contribution in [3.63, 3.8) is 0 Å². The first kappa shape index (κ1) is 15.2. The normalized spacial score (nSPS) is 11.4. The van der Waals surface area contributed by atoms with E-state index >= 15 is 0 Å². The second-order valence-corrected chi connectivity index (χ2v) is 3.59. The predicted octanol–water partition coefficient (Wildman–Crippen LogP) is 1.38. The first-order valence-corrected chi connectivity index (χ1v) is 5.06. The van der Waals surface area contributed by atoms with Gasteiger partial charge in [-0.25, -0.2) is 4.98 Å². The van der Waals surface area contributed by atoms with Gasteiger partial charge in [0.05, 0.1) is 6.04 Å². The molecule has 6 heteroatoms. The Kier molecular flexibility index (Phi) is 7.05. The zero-order chi connectivity index (χ0) is 11.3. The van der Waals surface area contributed by atoms with E-state index in [1.54, 1.807) is 19.3 Å². The van der Waals surface area contributed by atoms with Crippen LogP contribution in [0, 0.1) is 0 Å². The lowest BCUT2D eigenvalue weighted by Gasteiger charge is -2.11. The van der Waals surface area contributed by atoms with Gasteiger partial charge in [0.1, 0.15) is 5.15 Å². The number of carbonyl (C=O) groups excluding carboxylic acids is 1. The second-order valence-electron chi connectivity index (χ2n) is 3.21. The summed E-state index contributed by atoms with van der Waals surface area (Å²) < 4.78 is 0. The van der Waals surface area contributed by atoms with Crippen LogP contribution in [0.25, 0.3) is 0 Å². The molecule has 0 saturated heterocycles. The van der Waals surface area contributed by atoms with Crippen LogP contribution in [0.2, 0.25) is 5.15 Å². The Morgan fingerprint density at radius 1 is 1.56 bits per heavy atom. The van der Waals surface area contributed by atoms with Gasteiger partial charge in [-0.15, -0.1) is 12.4 Å². The molecule has 0 spiro atoms. The lowest BCUT2D eigenvalue weighted by Crippen LogP contribution is -2.40. The molecule has 0 saturated carbocycles. The van der Waals surface area contributed by atoms with Crippen molar-refractivity contribution in [2.45, 2.75) is 19.5 Å². The Bertz CT molecular complexity index is 329. The van der Waals surface area contributed by atoms with Gasteiger partial charge in [-0.3, -0.25) is 4.79 Å². The zero-order valence-corrected chi connectivity index (χ0v) is 10.7. The number of hydrogen-bond donors (Lipinski definition) is 2. The summed E-state index contributed by atoms with van der Waals surface area (Å²) in [6, 6.07) is 3.38. The van der Waals surface area contributed by atoms with Crippen molar-refractivity contribution in [2.24, 2.45) is 0 Å². The molecule has 0 radical (unpaired) electrons. The minimum atomic E-state index is -0.217. The van der Waals surface area contributed by atoms with Crippen molar-refractivity contribution in [3.05, 3.63) is 29.0 Å². The Labute approximate surface area is 106 Å². The molecule has 0 fully saturated rings. The third kappa shape index (κ3) is 4.79. The summed E-state index contributed by atoms with van der Waals surface area (Å²) in [4.78, 5) is 15.1. The van der Waals surface area contributed by atoms with Gasteiger partial charge in [-0.1, -0.05) is 17.7 Å². The standard InChI is InChI=1S/C10H14ClN3O.ClH/c1-7(10(15)12-2)13-5-8-3-4-9(11)14-6-8;/h3-4,6-7,13H,5H2,1-2H3,(H,12,15);1H/t7-;/m1./s1. The number of aromatic nitrogens is 1. The lowest BCUT2D eigenvalue weighted by atomic mass is 10.2. The number of amides is 1. The van der Waals surface area contributed by atoms with Gasteiger partial charge in [0, 0.05) is 19.8 Å². The van der Waals surface area contributed by atoms with Crippen molar-refractivity contribution in [1.82, 2.24) is 15.6 Å². The summed E-state index contributed by atoms with van der Waals surface area (Å²) in [5.74, 6) is -0.0306. The monoisotopic (exact) mass is 263 g/mol. The average molecular weight is 264 g/mol. The third-order valence-electron chi connectivity index (χ3n) is 2.04. The Morgan fingerprint density at radius 3 is 2.75 bits per heavy atom. The zero-order valence-electron chi connectivity index (χ0n) is 9.16. The molecule has 1 amide bonds. The fourth-order valence-electron chi connectivity index (χ4n) is 1.09. The fourth-order valence-corrected chi connectivity index (χ4v) is 1.20. The van der Waals surface area contributed by atoms with E-state index < -0.39 is 0 Å². The first-order chi connectivity index (χ1) is 7.13. The number of rotatable bonds is 4. The van der Waals surface area contributed by atoms with Crippen molar-refractivity contribution < 1.29 is 4.79 Å². The molecule has 0 unspecified atom stereocenters. The average Bonchev–Trinajstić information content (AvgIpc) is 2.26. The van der Waals surface area contributed by atoms with E-state index in [0.29, 0.717) is 11.7 Å². The van der Waals surface area contributed by atoms with E-state index in [2.05, 4.69) is 15.6 Å². The molecule has 0 aromatic carbocycles. The maximum Gasteiger partial charge on any atom is 0.236 e. The Balaban J connectivity index is 0.00000225. The molecule has 0 aliphatic heterocycles. The summed E-state index contributed by atoms with van der Waals surface area (Å²) >= 11 is 5.65. The van der Waals surface area contributed by atoms with E-state index in [-0.39, 0.29) is 24.4 Å². The van der Waals surface area contributed by atoms with Gasteiger partial charge >= 0.3 is 0 Å². The minimum absolute atomic E-state index is 0. The highest BCUT2D eigenvalue weighted by Gasteiger charge is 2.09. The van der Waals surface area contributed by atoms with Gasteiger partial charge in [-0.05, 0) is 18.6 Å². The maximum atomic E-state index is 11.2. The van der Waals surface area contributed by atoms with Gasteiger partial charge in [0.25, 0.3) is 0 Å². The fraction of sp³-hybridized carbons (Fsp3) is 0.400. The van der Waals surface area contributed by atoms with Crippen LogP contribution in [0.5, 0.6) is 0 Å². The summed E-state index contributed by atoms with van der Waals surface area (Å²) in [6.07, 6.45) is 1.69. The molecule has 1 aromatic rings. The van der Waals surface area contributed by atoms with Crippen LogP contribution in [0.1, 0.15) is 12.5 Å². The molecule has 1 atom stereocenters. The van der Waals surface area contributed by atoms with Crippen molar-refractivity contribution in [2.75, 3.05) is 7.05 Å². The van der Waals surface area contributed by atoms with Gasteiger partial charge < -0.3 is 10.6 Å². The molecule has 1 aromatic heterocycles. The predicted molar refractivity (Wildman–Crippen MR) is 66.9 cm³/mol. The van der Waals surface area contributed by atoms with Crippen LogP contribution in [-0.4, -0.2) is 24.0 Å². The molecule has 2 N–H and O–H groups in total. The van der Waals surface area contributed by atoms with Crippen LogP contribution >= 0.6 is 24.0 Å². The van der Waals surface area contributed by atoms with Crippen LogP contribution in [0.15, 0.2) is 18.3 Å². The van der Waals surface area contributed by atoms with Crippen LogP contribution < -0.4 is 10.6 Å². The van der Waals surface area contributed by atoms with Gasteiger partial charge in [-0.2, -0.15) is 0 Å². The SMILES string of the molecule is CNC(=O)[C@@H](C)NCc1ccc(Cl)nc1.Cl. The third-order valence-corrected chi connectivity index (χ3v) is 2.26. The molecule has 0 aliphatic rings. The number of nitrogens with zero attached hydrogens (tertiary/aromatic N) is 1. The number of halogens is 2. The Morgan fingerprint density at radius 2 is 2.25 bits per heavy atom. The summed E-state index contributed by atoms with van der Waals surface area (Å²) in [7, 11) is 1.62. The van der Waals surface area contributed by atoms with E-state index in [9.17, 15) is 4.79 Å². The Hall–Kier alpha value is -0.840. The molecule has 1 heterocycles. The molecular weight excluding hydrogens is 249 g/mol. The highest BCUT2D eigenvalue weighted by atomic mass is 35.5. The highest BCUT2D eigenvalue weighted by molar-refractivity contribution is 6.29. The lowest BCUT2D eigenvalue weighted by molar-refractivity contribution is -0.122. The van der Waals surface area contributed by atoms with E-state index in [0.717, 1.165) is 5.56 Å². The number of hydrogen-bond acceptors (Lipinski definition) is 3. The van der Waals surface area contributed by atoms with Crippen LogP contribution in [-0.2, 0) is 11.3 Å². The highest BCUT2D eigenvalue weighted by Crippen LogP contribution is 2.04. The van der Waals surface area contributed by atoms with Crippen LogP contribution in [0.4, 0.5) is 0 Å². The maximum absolute atomic E-state index is 11.2. The summed E-state index contributed by atoms with van der Waals surface area (Å²) in [5, 5.41) is 6.12. The molecule has 0 bridgehead atoms. The molecule has 4 nitrogen and oxygen atoms in total. The molecule has 16 heavy (non-hydrogen) atoms. The van der Waals surface area contributed by atoms with E-state index in [1.165, 1.54) is 0 Å². The van der Waals surface area contributed by atoms with Crippen LogP contribution in [0.3, 0.4) is 0 Å². The molecule has 1 rings (SSSR count). The second kappa shape index (κ2) is 7.44. The number of carbonyl (C=O) groups is 1. The minimum Gasteiger partial charge on any atom is -0.358 e. The largest absolute Gasteiger partial charge is 0.358 e. The smallest absolute Gasteiger partial charge is 0.236 e.